The molecule has 3 nitrogen and oxygen atoms in total. The van der Waals surface area contributed by atoms with E-state index in [4.69, 9.17) is 35.5 Å². The molecule has 0 spiro atoms. The minimum absolute atomic E-state index is 0. The molecule has 0 aliphatic rings. The molecular weight excluding hydrogens is 669 g/mol. The van der Waals surface area contributed by atoms with Gasteiger partial charge in [0.2, 0.25) is 0 Å². The number of hydrogen-bond donors (Lipinski definition) is 0. The smallest absolute Gasteiger partial charge is 0.512 e. The average molecular weight is 669 g/mol. The van der Waals surface area contributed by atoms with Gasteiger partial charge in [0.1, 0.15) is 0 Å². The molecule has 0 amide bonds. The average Bonchev–Trinajstić information content (AvgIpc) is 1.81. The molecule has 0 aromatic heterocycles. The van der Waals surface area contributed by atoms with Crippen LogP contribution in [0, 0.1) is 35.5 Å². The Bertz CT molecular complexity index is 42.8. The van der Waals surface area contributed by atoms with Crippen LogP contribution in [0.5, 0.6) is 0 Å². The molecule has 60 valence electrons. The molecule has 0 unspecified atom stereocenters. The normalized spacial score (nSPS) is 0.667. The van der Waals surface area contributed by atoms with E-state index in [9.17, 15) is 0 Å². The van der Waals surface area contributed by atoms with Gasteiger partial charge in [-0.3, -0.25) is 0 Å². The monoisotopic (exact) mass is 669 g/mol. The van der Waals surface area contributed by atoms with Crippen LogP contribution in [0.4, 0.5) is 0 Å². The van der Waals surface area contributed by atoms with Crippen molar-refractivity contribution in [3.8, 4) is 0 Å². The molecule has 9 heavy (non-hydrogen) atoms. The first kappa shape index (κ1) is 53.7. The van der Waals surface area contributed by atoms with Gasteiger partial charge >= 0.3 is 67.1 Å². The summed E-state index contributed by atoms with van der Waals surface area (Å²) in [5.41, 5.74) is 0. The third-order valence-electron chi connectivity index (χ3n) is 0. The summed E-state index contributed by atoms with van der Waals surface area (Å²) in [5.74, 6) is 0. The zero-order valence-corrected chi connectivity index (χ0v) is 10.2. The fourth-order valence-electron chi connectivity index (χ4n) is 0. The summed E-state index contributed by atoms with van der Waals surface area (Å²) in [6.45, 7) is 14.2. The van der Waals surface area contributed by atoms with Gasteiger partial charge < -0.3 is 35.5 Å². The first-order valence-corrected chi connectivity index (χ1v) is 0.671. The Labute approximate surface area is 102 Å². The Morgan fingerprint density at radius 2 is 0.444 bits per heavy atom. The third kappa shape index (κ3) is 815. The standard InChI is InChI=1S/3CN.3Au/c3*1-2;;;/q3*-1;3*+1. The minimum atomic E-state index is 0. The van der Waals surface area contributed by atoms with Crippen LogP contribution < -0.4 is 0 Å². The largest absolute Gasteiger partial charge is 1.00 e. The number of nitrogens with zero attached hydrogens (tertiary/aromatic N) is 3. The summed E-state index contributed by atoms with van der Waals surface area (Å²) < 4.78 is 0. The Morgan fingerprint density at radius 3 is 0.444 bits per heavy atom. The van der Waals surface area contributed by atoms with E-state index < -0.39 is 0 Å². The van der Waals surface area contributed by atoms with Crippen LogP contribution in [0.1, 0.15) is 0 Å². The molecule has 0 heterocycles. The predicted molar refractivity (Wildman–Crippen MR) is 14.9 cm³/mol. The topological polar surface area (TPSA) is 71.4 Å². The molecule has 0 fully saturated rings. The third-order valence-corrected chi connectivity index (χ3v) is 0. The van der Waals surface area contributed by atoms with E-state index in [0.717, 1.165) is 0 Å². The van der Waals surface area contributed by atoms with Crippen LogP contribution in [0.25, 0.3) is 0 Å². The molecule has 0 aromatic carbocycles. The Kier molecular flexibility index (Phi) is 6430. The van der Waals surface area contributed by atoms with Gasteiger partial charge in [-0.15, -0.1) is 0 Å². The quantitative estimate of drug-likeness (QED) is 0.275. The van der Waals surface area contributed by atoms with Gasteiger partial charge in [-0.25, -0.2) is 0 Å². The summed E-state index contributed by atoms with van der Waals surface area (Å²) in [7, 11) is 0. The second-order valence-corrected chi connectivity index (χ2v) is 0. The second kappa shape index (κ2) is 1080. The maximum atomic E-state index is 6.25. The molecule has 0 bridgehead atoms. The van der Waals surface area contributed by atoms with E-state index in [1.165, 1.54) is 0 Å². The van der Waals surface area contributed by atoms with Crippen molar-refractivity contribution in [2.24, 2.45) is 0 Å². The van der Waals surface area contributed by atoms with Crippen molar-refractivity contribution in [3.05, 3.63) is 19.7 Å². The van der Waals surface area contributed by atoms with Gasteiger partial charge in [-0.1, -0.05) is 0 Å². The van der Waals surface area contributed by atoms with Crippen molar-refractivity contribution >= 4 is 0 Å². The summed E-state index contributed by atoms with van der Waals surface area (Å²) in [6.07, 6.45) is 0. The zero-order valence-electron chi connectivity index (χ0n) is 3.75. The van der Waals surface area contributed by atoms with Crippen LogP contribution in [-0.4, -0.2) is 0 Å². The summed E-state index contributed by atoms with van der Waals surface area (Å²) in [5, 5.41) is 18.8. The molecule has 6 heteroatoms. The molecule has 0 aromatic rings. The van der Waals surface area contributed by atoms with Gasteiger partial charge in [0.05, 0.1) is 0 Å². The maximum Gasteiger partial charge on any atom is 1.00 e. The van der Waals surface area contributed by atoms with E-state index in [2.05, 4.69) is 0 Å². The van der Waals surface area contributed by atoms with Crippen molar-refractivity contribution in [2.75, 3.05) is 0 Å². The molecule has 0 radical (unpaired) electrons. The fraction of sp³-hybridized carbons (Fsp3) is 0. The molecule has 0 aliphatic heterocycles. The van der Waals surface area contributed by atoms with Gasteiger partial charge in [0.15, 0.2) is 0 Å². The molecule has 0 aliphatic carbocycles. The first-order chi connectivity index (χ1) is 3.00. The van der Waals surface area contributed by atoms with E-state index in [1.807, 2.05) is 0 Å². The zero-order chi connectivity index (χ0) is 6.00. The SMILES string of the molecule is [Au+].[Au+].[Au+].[C-]#N.[C-]#N.[C-]#N. The minimum Gasteiger partial charge on any atom is -0.512 e. The van der Waals surface area contributed by atoms with Crippen LogP contribution >= 0.6 is 0 Å². The van der Waals surface area contributed by atoms with Gasteiger partial charge in [0.25, 0.3) is 0 Å². The van der Waals surface area contributed by atoms with E-state index >= 15 is 0 Å². The summed E-state index contributed by atoms with van der Waals surface area (Å²) >= 11 is 0. The molecule has 0 saturated heterocycles. The molecule has 0 saturated carbocycles. The number of hydrogen-bond acceptors (Lipinski definition) is 3. The van der Waals surface area contributed by atoms with Gasteiger partial charge in [-0.2, -0.15) is 0 Å². The fourth-order valence-corrected chi connectivity index (χ4v) is 0. The van der Waals surface area contributed by atoms with E-state index in [0.29, 0.717) is 0 Å². The van der Waals surface area contributed by atoms with Crippen LogP contribution in [0.3, 0.4) is 0 Å². The molecule has 0 atom stereocenters. The predicted octanol–water partition coefficient (Wildman–Crippen LogP) is 0.282. The summed E-state index contributed by atoms with van der Waals surface area (Å²) in [4.78, 5) is 0. The van der Waals surface area contributed by atoms with E-state index in [1.54, 1.807) is 0 Å². The summed E-state index contributed by atoms with van der Waals surface area (Å²) in [6, 6.07) is 0. The Hall–Kier alpha value is 0.691. The van der Waals surface area contributed by atoms with Crippen molar-refractivity contribution in [3.63, 3.8) is 0 Å². The van der Waals surface area contributed by atoms with Gasteiger partial charge in [-0.05, 0) is 0 Å². The number of rotatable bonds is 0. The second-order valence-electron chi connectivity index (χ2n) is 0. The van der Waals surface area contributed by atoms with Crippen molar-refractivity contribution < 1.29 is 67.1 Å². The Morgan fingerprint density at radius 1 is 0.444 bits per heavy atom. The maximum absolute atomic E-state index is 6.25. The van der Waals surface area contributed by atoms with Crippen molar-refractivity contribution in [1.29, 1.82) is 15.8 Å². The molecule has 0 rings (SSSR count). The van der Waals surface area contributed by atoms with E-state index in [-0.39, 0.29) is 67.1 Å². The van der Waals surface area contributed by atoms with Crippen LogP contribution in [0.2, 0.25) is 0 Å². The first-order valence-electron chi connectivity index (χ1n) is 0.671. The van der Waals surface area contributed by atoms with Crippen molar-refractivity contribution in [1.82, 2.24) is 0 Å². The van der Waals surface area contributed by atoms with Crippen LogP contribution in [0.15, 0.2) is 0 Å². The molecular formula is C3Au3N3. The Balaban J connectivity index is -0.00000000321. The van der Waals surface area contributed by atoms with Crippen molar-refractivity contribution in [2.45, 2.75) is 0 Å². The van der Waals surface area contributed by atoms with Gasteiger partial charge in [0, 0.05) is 0 Å². The van der Waals surface area contributed by atoms with Crippen LogP contribution in [-0.2, 0) is 67.1 Å². The molecule has 0 N–H and O–H groups in total.